The molecule has 0 aliphatic heterocycles. The summed E-state index contributed by atoms with van der Waals surface area (Å²) >= 11 is 0. The SMILES string of the molecule is Cc1cc(C(=O)C#N)ccc1F. The number of rotatable bonds is 1. The van der Waals surface area contributed by atoms with E-state index in [1.165, 1.54) is 24.3 Å². The summed E-state index contributed by atoms with van der Waals surface area (Å²) in [5.74, 6) is -1.01. The monoisotopic (exact) mass is 163 g/mol. The molecule has 12 heavy (non-hydrogen) atoms. The predicted octanol–water partition coefficient (Wildman–Crippen LogP) is 1.84. The van der Waals surface area contributed by atoms with Gasteiger partial charge in [0.05, 0.1) is 0 Å². The highest BCUT2D eigenvalue weighted by Gasteiger charge is 2.05. The highest BCUT2D eigenvalue weighted by Crippen LogP contribution is 2.09. The number of carbonyl (C=O) groups is 1. The van der Waals surface area contributed by atoms with Crippen molar-refractivity contribution >= 4 is 5.78 Å². The Morgan fingerprint density at radius 3 is 2.75 bits per heavy atom. The molecule has 0 unspecified atom stereocenters. The van der Waals surface area contributed by atoms with Crippen LogP contribution in [0.25, 0.3) is 0 Å². The Morgan fingerprint density at radius 1 is 1.58 bits per heavy atom. The van der Waals surface area contributed by atoms with E-state index in [1.54, 1.807) is 6.92 Å². The Labute approximate surface area is 69.2 Å². The van der Waals surface area contributed by atoms with Crippen molar-refractivity contribution < 1.29 is 9.18 Å². The first-order valence-corrected chi connectivity index (χ1v) is 3.35. The van der Waals surface area contributed by atoms with Crippen LogP contribution < -0.4 is 0 Å². The number of hydrogen-bond donors (Lipinski definition) is 0. The van der Waals surface area contributed by atoms with Crippen molar-refractivity contribution in [2.24, 2.45) is 0 Å². The van der Waals surface area contributed by atoms with Gasteiger partial charge in [0.25, 0.3) is 5.78 Å². The molecule has 2 nitrogen and oxygen atoms in total. The van der Waals surface area contributed by atoms with Crippen molar-refractivity contribution in [2.75, 3.05) is 0 Å². The molecule has 0 aliphatic rings. The minimum Gasteiger partial charge on any atom is -0.277 e. The molecule has 1 aromatic rings. The second kappa shape index (κ2) is 3.14. The van der Waals surface area contributed by atoms with Gasteiger partial charge < -0.3 is 0 Å². The fourth-order valence-corrected chi connectivity index (χ4v) is 0.850. The van der Waals surface area contributed by atoms with Crippen molar-refractivity contribution in [1.82, 2.24) is 0 Å². The number of hydrogen-bond acceptors (Lipinski definition) is 2. The molecular weight excluding hydrogens is 157 g/mol. The van der Waals surface area contributed by atoms with Crippen LogP contribution in [0.4, 0.5) is 4.39 Å². The molecule has 0 radical (unpaired) electrons. The smallest absolute Gasteiger partial charge is 0.262 e. The number of benzene rings is 1. The zero-order valence-corrected chi connectivity index (χ0v) is 6.47. The van der Waals surface area contributed by atoms with Gasteiger partial charge in [-0.3, -0.25) is 4.79 Å². The molecule has 0 fully saturated rings. The number of halogens is 1. The molecule has 3 heteroatoms. The minimum atomic E-state index is -0.641. The second-order valence-corrected chi connectivity index (χ2v) is 2.40. The van der Waals surface area contributed by atoms with Crippen LogP contribution in [0.3, 0.4) is 0 Å². The van der Waals surface area contributed by atoms with Crippen molar-refractivity contribution in [1.29, 1.82) is 5.26 Å². The lowest BCUT2D eigenvalue weighted by Crippen LogP contribution is -1.95. The molecule has 0 aliphatic carbocycles. The van der Waals surface area contributed by atoms with E-state index in [0.29, 0.717) is 5.56 Å². The lowest BCUT2D eigenvalue weighted by Gasteiger charge is -1.96. The first kappa shape index (κ1) is 8.41. The van der Waals surface area contributed by atoms with Crippen LogP contribution in [-0.4, -0.2) is 5.78 Å². The van der Waals surface area contributed by atoms with Crippen molar-refractivity contribution in [3.63, 3.8) is 0 Å². The van der Waals surface area contributed by atoms with Gasteiger partial charge in [0.2, 0.25) is 0 Å². The van der Waals surface area contributed by atoms with Crippen LogP contribution in [0.1, 0.15) is 15.9 Å². The Hall–Kier alpha value is -1.69. The van der Waals surface area contributed by atoms with Crippen LogP contribution in [-0.2, 0) is 0 Å². The molecule has 1 aromatic carbocycles. The van der Waals surface area contributed by atoms with E-state index in [0.717, 1.165) is 0 Å². The fourth-order valence-electron chi connectivity index (χ4n) is 0.850. The molecule has 0 amide bonds. The summed E-state index contributed by atoms with van der Waals surface area (Å²) in [6.07, 6.45) is 0. The van der Waals surface area contributed by atoms with E-state index in [4.69, 9.17) is 5.26 Å². The van der Waals surface area contributed by atoms with Gasteiger partial charge in [-0.1, -0.05) is 0 Å². The molecule has 0 saturated carbocycles. The van der Waals surface area contributed by atoms with E-state index in [9.17, 15) is 9.18 Å². The molecule has 0 bridgehead atoms. The molecule has 0 heterocycles. The average Bonchev–Trinajstić information content (AvgIpc) is 2.08. The third kappa shape index (κ3) is 1.48. The summed E-state index contributed by atoms with van der Waals surface area (Å²) < 4.78 is 12.7. The summed E-state index contributed by atoms with van der Waals surface area (Å²) in [6, 6.07) is 5.31. The highest BCUT2D eigenvalue weighted by atomic mass is 19.1. The predicted molar refractivity (Wildman–Crippen MR) is 41.1 cm³/mol. The zero-order chi connectivity index (χ0) is 9.14. The average molecular weight is 163 g/mol. The zero-order valence-electron chi connectivity index (χ0n) is 6.47. The number of Topliss-reactive ketones (excluding diaryl/α,β-unsaturated/α-hetero) is 1. The Morgan fingerprint density at radius 2 is 2.25 bits per heavy atom. The molecule has 0 N–H and O–H groups in total. The van der Waals surface area contributed by atoms with E-state index >= 15 is 0 Å². The van der Waals surface area contributed by atoms with Gasteiger partial charge in [-0.05, 0) is 30.7 Å². The molecular formula is C9H6FNO. The van der Waals surface area contributed by atoms with Gasteiger partial charge in [-0.2, -0.15) is 5.26 Å². The fraction of sp³-hybridized carbons (Fsp3) is 0.111. The first-order valence-electron chi connectivity index (χ1n) is 3.35. The lowest BCUT2D eigenvalue weighted by atomic mass is 10.1. The molecule has 0 aromatic heterocycles. The maximum atomic E-state index is 12.7. The number of carbonyl (C=O) groups excluding carboxylic acids is 1. The van der Waals surface area contributed by atoms with Gasteiger partial charge in [-0.15, -0.1) is 0 Å². The van der Waals surface area contributed by atoms with E-state index in [-0.39, 0.29) is 11.4 Å². The van der Waals surface area contributed by atoms with Crippen LogP contribution >= 0.6 is 0 Å². The van der Waals surface area contributed by atoms with Crippen LogP contribution in [0.15, 0.2) is 18.2 Å². The maximum absolute atomic E-state index is 12.7. The summed E-state index contributed by atoms with van der Waals surface area (Å²) in [5, 5.41) is 8.26. The largest absolute Gasteiger partial charge is 0.277 e. The number of ketones is 1. The number of nitriles is 1. The summed E-state index contributed by atoms with van der Waals surface area (Å²) in [7, 11) is 0. The normalized spacial score (nSPS) is 9.08. The van der Waals surface area contributed by atoms with E-state index in [1.807, 2.05) is 0 Å². The van der Waals surface area contributed by atoms with Crippen molar-refractivity contribution in [2.45, 2.75) is 6.92 Å². The quantitative estimate of drug-likeness (QED) is 0.468. The van der Waals surface area contributed by atoms with Gasteiger partial charge in [0, 0.05) is 5.56 Å². The first-order chi connectivity index (χ1) is 5.65. The Kier molecular flexibility index (Phi) is 2.20. The molecule has 1 rings (SSSR count). The van der Waals surface area contributed by atoms with Gasteiger partial charge in [0.15, 0.2) is 0 Å². The Bertz CT molecular complexity index is 365. The van der Waals surface area contributed by atoms with Crippen molar-refractivity contribution in [3.8, 4) is 6.07 Å². The highest BCUT2D eigenvalue weighted by molar-refractivity contribution is 6.07. The second-order valence-electron chi connectivity index (χ2n) is 2.40. The topological polar surface area (TPSA) is 40.9 Å². The molecule has 0 saturated heterocycles. The minimum absolute atomic E-state index is 0.233. The Balaban J connectivity index is 3.15. The molecule has 0 spiro atoms. The van der Waals surface area contributed by atoms with E-state index < -0.39 is 5.78 Å². The van der Waals surface area contributed by atoms with Gasteiger partial charge in [0.1, 0.15) is 11.9 Å². The number of nitrogens with zero attached hydrogens (tertiary/aromatic N) is 1. The van der Waals surface area contributed by atoms with E-state index in [2.05, 4.69) is 0 Å². The summed E-state index contributed by atoms with van der Waals surface area (Å²) in [5.41, 5.74) is 0.604. The maximum Gasteiger partial charge on any atom is 0.262 e. The van der Waals surface area contributed by atoms with Gasteiger partial charge in [-0.25, -0.2) is 4.39 Å². The third-order valence-corrected chi connectivity index (χ3v) is 1.52. The summed E-state index contributed by atoms with van der Waals surface area (Å²) in [6.45, 7) is 1.55. The van der Waals surface area contributed by atoms with Crippen LogP contribution in [0.5, 0.6) is 0 Å². The molecule has 0 atom stereocenters. The number of aryl methyl sites for hydroxylation is 1. The molecule has 60 valence electrons. The van der Waals surface area contributed by atoms with Crippen LogP contribution in [0, 0.1) is 24.1 Å². The van der Waals surface area contributed by atoms with Crippen LogP contribution in [0.2, 0.25) is 0 Å². The lowest BCUT2D eigenvalue weighted by molar-refractivity contribution is 0.105. The van der Waals surface area contributed by atoms with Crippen molar-refractivity contribution in [3.05, 3.63) is 35.1 Å². The van der Waals surface area contributed by atoms with Gasteiger partial charge >= 0.3 is 0 Å². The summed E-state index contributed by atoms with van der Waals surface area (Å²) in [4.78, 5) is 10.8. The third-order valence-electron chi connectivity index (χ3n) is 1.52. The standard InChI is InChI=1S/C9H6FNO/c1-6-4-7(9(12)5-11)2-3-8(6)10/h2-4H,1H3.